The van der Waals surface area contributed by atoms with Crippen molar-refractivity contribution in [2.45, 2.75) is 26.4 Å². The van der Waals surface area contributed by atoms with Gasteiger partial charge in [-0.2, -0.15) is 0 Å². The first-order chi connectivity index (χ1) is 5.72. The van der Waals surface area contributed by atoms with E-state index in [1.165, 1.54) is 7.05 Å². The van der Waals surface area contributed by atoms with Crippen LogP contribution in [-0.2, 0) is 4.74 Å². The highest BCUT2D eigenvalue weighted by Gasteiger charge is 2.18. The van der Waals surface area contributed by atoms with Crippen LogP contribution in [0.5, 0.6) is 0 Å². The van der Waals surface area contributed by atoms with Crippen LogP contribution in [0.25, 0.3) is 0 Å². The van der Waals surface area contributed by atoms with Crippen LogP contribution in [-0.4, -0.2) is 29.1 Å². The zero-order chi connectivity index (χ0) is 10.6. The van der Waals surface area contributed by atoms with E-state index >= 15 is 0 Å². The third-order valence-corrected chi connectivity index (χ3v) is 1.08. The first kappa shape index (κ1) is 12.1. The molecule has 0 aromatic heterocycles. The van der Waals surface area contributed by atoms with E-state index in [1.807, 2.05) is 5.32 Å². The molecule has 0 aromatic rings. The minimum absolute atomic E-state index is 0.612. The number of hydrogen-bond donors (Lipinski definition) is 2. The van der Waals surface area contributed by atoms with Crippen molar-refractivity contribution in [3.8, 4) is 0 Å². The molecule has 0 aliphatic rings. The number of thiol groups is 1. The van der Waals surface area contributed by atoms with Crippen molar-refractivity contribution in [1.29, 1.82) is 0 Å². The molecule has 0 aliphatic carbocycles. The lowest BCUT2D eigenvalue weighted by atomic mass is 10.2. The van der Waals surface area contributed by atoms with Crippen molar-refractivity contribution in [2.24, 2.45) is 0 Å². The topological polar surface area (TPSA) is 58.6 Å². The van der Waals surface area contributed by atoms with Gasteiger partial charge in [0.1, 0.15) is 5.60 Å². The van der Waals surface area contributed by atoms with Gasteiger partial charge in [-0.25, -0.2) is 14.9 Å². The molecule has 0 aromatic carbocycles. The van der Waals surface area contributed by atoms with E-state index in [9.17, 15) is 9.59 Å². The summed E-state index contributed by atoms with van der Waals surface area (Å²) >= 11 is 3.69. The molecule has 0 heterocycles. The number of carbonyl (C=O) groups is 2. The molecule has 0 radical (unpaired) electrons. The molecule has 0 atom stereocenters. The number of ether oxygens (including phenoxy) is 1. The van der Waals surface area contributed by atoms with Crippen molar-refractivity contribution < 1.29 is 14.3 Å². The van der Waals surface area contributed by atoms with Gasteiger partial charge in [0.05, 0.1) is 0 Å². The maximum absolute atomic E-state index is 11.0. The Balaban J connectivity index is 3.96. The molecule has 0 aliphatic heterocycles. The highest BCUT2D eigenvalue weighted by atomic mass is 32.1. The minimum atomic E-state index is -0.779. The number of amides is 3. The Morgan fingerprint density at radius 1 is 1.38 bits per heavy atom. The highest BCUT2D eigenvalue weighted by Crippen LogP contribution is 2.06. The molecule has 5 nitrogen and oxygen atoms in total. The third kappa shape index (κ3) is 6.27. The van der Waals surface area contributed by atoms with Gasteiger partial charge in [0, 0.05) is 7.05 Å². The molecule has 13 heavy (non-hydrogen) atoms. The molecule has 76 valence electrons. The van der Waals surface area contributed by atoms with Crippen LogP contribution in [0.4, 0.5) is 9.59 Å². The quantitative estimate of drug-likeness (QED) is 0.589. The van der Waals surface area contributed by atoms with Gasteiger partial charge < -0.3 is 4.74 Å². The first-order valence-electron chi connectivity index (χ1n) is 3.69. The predicted octanol–water partition coefficient (Wildman–Crippen LogP) is 1.41. The van der Waals surface area contributed by atoms with E-state index in [4.69, 9.17) is 4.74 Å². The molecule has 1 N–H and O–H groups in total. The van der Waals surface area contributed by atoms with Gasteiger partial charge in [0.25, 0.3) is 0 Å². The van der Waals surface area contributed by atoms with Gasteiger partial charge in [0.2, 0.25) is 0 Å². The number of rotatable bonds is 0. The molecule has 0 fully saturated rings. The molecule has 3 amide bonds. The van der Waals surface area contributed by atoms with E-state index < -0.39 is 17.7 Å². The number of nitrogens with zero attached hydrogens (tertiary/aromatic N) is 1. The molecule has 0 unspecified atom stereocenters. The molecule has 0 spiro atoms. The summed E-state index contributed by atoms with van der Waals surface area (Å²) in [6.45, 7) is 5.13. The van der Waals surface area contributed by atoms with Gasteiger partial charge in [-0.1, -0.05) is 12.8 Å². The average Bonchev–Trinajstić information content (AvgIpc) is 1.81. The van der Waals surface area contributed by atoms with Gasteiger partial charge >= 0.3 is 12.1 Å². The maximum atomic E-state index is 11.0. The van der Waals surface area contributed by atoms with Crippen LogP contribution in [0.15, 0.2) is 0 Å². The number of nitrogens with one attached hydrogen (secondary N) is 1. The van der Waals surface area contributed by atoms with Crippen molar-refractivity contribution in [1.82, 2.24) is 9.62 Å². The Morgan fingerprint density at radius 3 is 2.15 bits per heavy atom. The number of urea groups is 1. The summed E-state index contributed by atoms with van der Waals surface area (Å²) in [5.41, 5.74) is -0.612. The second-order valence-electron chi connectivity index (χ2n) is 3.46. The second-order valence-corrected chi connectivity index (χ2v) is 4.06. The summed E-state index contributed by atoms with van der Waals surface area (Å²) in [7, 11) is 1.41. The molecule has 0 rings (SSSR count). The van der Waals surface area contributed by atoms with Crippen LogP contribution in [0.2, 0.25) is 0 Å². The highest BCUT2D eigenvalue weighted by molar-refractivity contribution is 7.78. The summed E-state index contributed by atoms with van der Waals surface area (Å²) in [5, 5.41) is 1.99. The SMILES string of the molecule is CN(S)C(=O)NC(=O)OC(C)(C)C. The van der Waals surface area contributed by atoms with Crippen LogP contribution < -0.4 is 5.32 Å². The van der Waals surface area contributed by atoms with Crippen molar-refractivity contribution in [3.05, 3.63) is 0 Å². The summed E-state index contributed by atoms with van der Waals surface area (Å²) < 4.78 is 5.78. The van der Waals surface area contributed by atoms with Crippen molar-refractivity contribution in [3.63, 3.8) is 0 Å². The Kier molecular flexibility index (Phi) is 4.06. The Bertz CT molecular complexity index is 210. The van der Waals surface area contributed by atoms with Gasteiger partial charge in [-0.05, 0) is 20.8 Å². The Hall–Kier alpha value is -0.910. The lowest BCUT2D eigenvalue weighted by Crippen LogP contribution is -2.40. The molecule has 0 saturated heterocycles. The fourth-order valence-electron chi connectivity index (χ4n) is 0.472. The lowest BCUT2D eigenvalue weighted by Gasteiger charge is -2.19. The zero-order valence-electron chi connectivity index (χ0n) is 8.12. The summed E-state index contributed by atoms with van der Waals surface area (Å²) in [6, 6.07) is -0.627. The summed E-state index contributed by atoms with van der Waals surface area (Å²) in [4.78, 5) is 21.8. The summed E-state index contributed by atoms with van der Waals surface area (Å²) in [5.74, 6) is 0. The smallest absolute Gasteiger partial charge is 0.415 e. The fourth-order valence-corrected chi connectivity index (χ4v) is 0.522. The van der Waals surface area contributed by atoms with Crippen molar-refractivity contribution >= 4 is 24.9 Å². The Labute approximate surface area is 83.0 Å². The molecule has 0 bridgehead atoms. The first-order valence-corrected chi connectivity index (χ1v) is 4.09. The van der Waals surface area contributed by atoms with E-state index in [2.05, 4.69) is 12.8 Å². The number of hydrogen-bond acceptors (Lipinski definition) is 4. The van der Waals surface area contributed by atoms with Crippen LogP contribution >= 0.6 is 12.8 Å². The normalized spacial score (nSPS) is 10.5. The molecule has 0 saturated carbocycles. The maximum Gasteiger partial charge on any atom is 0.415 e. The zero-order valence-corrected chi connectivity index (χ0v) is 9.01. The second kappa shape index (κ2) is 4.36. The largest absolute Gasteiger partial charge is 0.443 e. The summed E-state index contributed by atoms with van der Waals surface area (Å²) in [6.07, 6.45) is -0.779. The number of alkyl carbamates (subject to hydrolysis) is 1. The van der Waals surface area contributed by atoms with E-state index in [0.717, 1.165) is 4.31 Å². The molecular formula is C7H14N2O3S. The average molecular weight is 206 g/mol. The number of carbonyl (C=O) groups excluding carboxylic acids is 2. The third-order valence-electron chi connectivity index (χ3n) is 0.902. The predicted molar refractivity (Wildman–Crippen MR) is 51.5 cm³/mol. The molecule has 6 heteroatoms. The van der Waals surface area contributed by atoms with Crippen molar-refractivity contribution in [2.75, 3.05) is 7.05 Å². The van der Waals surface area contributed by atoms with E-state index in [0.29, 0.717) is 0 Å². The number of imide groups is 1. The monoisotopic (exact) mass is 206 g/mol. The lowest BCUT2D eigenvalue weighted by molar-refractivity contribution is 0.0544. The van der Waals surface area contributed by atoms with Crippen LogP contribution in [0.3, 0.4) is 0 Å². The van der Waals surface area contributed by atoms with Crippen LogP contribution in [0, 0.1) is 0 Å². The van der Waals surface area contributed by atoms with Gasteiger partial charge in [-0.3, -0.25) is 4.31 Å². The van der Waals surface area contributed by atoms with E-state index in [1.54, 1.807) is 20.8 Å². The Morgan fingerprint density at radius 2 is 1.85 bits per heavy atom. The van der Waals surface area contributed by atoms with Crippen LogP contribution in [0.1, 0.15) is 20.8 Å². The van der Waals surface area contributed by atoms with Gasteiger partial charge in [-0.15, -0.1) is 0 Å². The standard InChI is InChI=1S/C7H14N2O3S/c1-7(2,3)12-6(11)8-5(10)9(4)13/h13H,1-4H3,(H,8,10,11). The van der Waals surface area contributed by atoms with E-state index in [-0.39, 0.29) is 0 Å². The van der Waals surface area contributed by atoms with Gasteiger partial charge in [0.15, 0.2) is 0 Å². The fraction of sp³-hybridized carbons (Fsp3) is 0.714. The minimum Gasteiger partial charge on any atom is -0.443 e. The molecular weight excluding hydrogens is 192 g/mol.